The van der Waals surface area contributed by atoms with Crippen molar-refractivity contribution in [1.29, 1.82) is 0 Å². The standard InChI is InChI=1S/C15H15Cl2N3O3S2/c16-11-3-4-12(17)13(8-11)25(22,23)20-6-1-2-10(9-20)14(21)19-15-18-5-7-24-15/h3-5,7-8,10H,1-2,6,9H2,(H,18,19,21). The molecule has 1 atom stereocenters. The largest absolute Gasteiger partial charge is 0.302 e. The molecule has 0 aliphatic carbocycles. The number of nitrogens with zero attached hydrogens (tertiary/aromatic N) is 2. The van der Waals surface area contributed by atoms with Crippen LogP contribution in [-0.4, -0.2) is 36.7 Å². The first kappa shape index (κ1) is 18.6. The number of carbonyl (C=O) groups excluding carboxylic acids is 1. The van der Waals surface area contributed by atoms with Crippen molar-refractivity contribution in [3.8, 4) is 0 Å². The second-order valence-corrected chi connectivity index (χ2v) is 9.25. The molecule has 1 aliphatic rings. The van der Waals surface area contributed by atoms with Gasteiger partial charge < -0.3 is 5.32 Å². The fourth-order valence-corrected chi connectivity index (χ4v) is 5.47. The quantitative estimate of drug-likeness (QED) is 0.822. The molecule has 1 fully saturated rings. The number of sulfonamides is 1. The van der Waals surface area contributed by atoms with E-state index in [9.17, 15) is 13.2 Å². The molecule has 1 unspecified atom stereocenters. The monoisotopic (exact) mass is 419 g/mol. The fourth-order valence-electron chi connectivity index (χ4n) is 2.68. The predicted octanol–water partition coefficient (Wildman–Crippen LogP) is 3.49. The molecule has 2 heterocycles. The minimum atomic E-state index is -3.82. The average Bonchev–Trinajstić information content (AvgIpc) is 3.10. The predicted molar refractivity (Wildman–Crippen MR) is 98.7 cm³/mol. The summed E-state index contributed by atoms with van der Waals surface area (Å²) < 4.78 is 27.1. The van der Waals surface area contributed by atoms with Crippen LogP contribution in [0.1, 0.15) is 12.8 Å². The molecule has 0 spiro atoms. The van der Waals surface area contributed by atoms with Gasteiger partial charge in [0.15, 0.2) is 5.13 Å². The Labute approximate surface area is 159 Å². The van der Waals surface area contributed by atoms with Crippen LogP contribution in [0.3, 0.4) is 0 Å². The summed E-state index contributed by atoms with van der Waals surface area (Å²) in [4.78, 5) is 16.4. The number of thiazole rings is 1. The van der Waals surface area contributed by atoms with Crippen molar-refractivity contribution >= 4 is 55.6 Å². The van der Waals surface area contributed by atoms with Crippen LogP contribution in [0.15, 0.2) is 34.7 Å². The number of benzene rings is 1. The highest BCUT2D eigenvalue weighted by Gasteiger charge is 2.34. The number of aromatic nitrogens is 1. The normalized spacial score (nSPS) is 18.9. The summed E-state index contributed by atoms with van der Waals surface area (Å²) in [5.74, 6) is -0.669. The van der Waals surface area contributed by atoms with Crippen molar-refractivity contribution in [3.05, 3.63) is 39.8 Å². The highest BCUT2D eigenvalue weighted by molar-refractivity contribution is 7.89. The molecule has 0 saturated carbocycles. The van der Waals surface area contributed by atoms with Crippen LogP contribution in [0.5, 0.6) is 0 Å². The number of hydrogen-bond acceptors (Lipinski definition) is 5. The van der Waals surface area contributed by atoms with E-state index in [0.29, 0.717) is 24.5 Å². The van der Waals surface area contributed by atoms with E-state index >= 15 is 0 Å². The molecule has 1 amide bonds. The number of halogens is 2. The van der Waals surface area contributed by atoms with Gasteiger partial charge in [0.2, 0.25) is 15.9 Å². The van der Waals surface area contributed by atoms with Crippen LogP contribution < -0.4 is 5.32 Å². The number of hydrogen-bond donors (Lipinski definition) is 1. The van der Waals surface area contributed by atoms with Crippen molar-refractivity contribution in [2.45, 2.75) is 17.7 Å². The Morgan fingerprint density at radius 3 is 2.88 bits per heavy atom. The summed E-state index contributed by atoms with van der Waals surface area (Å²) in [6.45, 7) is 0.439. The summed E-state index contributed by atoms with van der Waals surface area (Å²) in [6, 6.07) is 4.31. The van der Waals surface area contributed by atoms with E-state index in [-0.39, 0.29) is 27.4 Å². The second kappa shape index (κ2) is 7.59. The summed E-state index contributed by atoms with van der Waals surface area (Å²) in [5.41, 5.74) is 0. The van der Waals surface area contributed by atoms with Crippen molar-refractivity contribution in [3.63, 3.8) is 0 Å². The molecule has 2 aromatic rings. The Bertz CT molecular complexity index is 872. The number of nitrogens with one attached hydrogen (secondary N) is 1. The molecule has 1 aromatic heterocycles. The maximum atomic E-state index is 12.9. The Morgan fingerprint density at radius 1 is 1.36 bits per heavy atom. The number of anilines is 1. The molecular formula is C15H15Cl2N3O3S2. The highest BCUT2D eigenvalue weighted by atomic mass is 35.5. The summed E-state index contributed by atoms with van der Waals surface area (Å²) in [7, 11) is -3.82. The van der Waals surface area contributed by atoms with Gasteiger partial charge in [0, 0.05) is 29.7 Å². The number of amides is 1. The molecule has 0 radical (unpaired) electrons. The number of rotatable bonds is 4. The van der Waals surface area contributed by atoms with Gasteiger partial charge in [-0.05, 0) is 31.0 Å². The Hall–Kier alpha value is -1.19. The van der Waals surface area contributed by atoms with Gasteiger partial charge in [0.1, 0.15) is 4.90 Å². The third-order valence-corrected chi connectivity index (χ3v) is 7.20. The summed E-state index contributed by atoms with van der Waals surface area (Å²) >= 11 is 13.3. The highest BCUT2D eigenvalue weighted by Crippen LogP contribution is 2.30. The molecule has 1 saturated heterocycles. The molecule has 25 heavy (non-hydrogen) atoms. The Morgan fingerprint density at radius 2 is 2.16 bits per heavy atom. The molecule has 1 aliphatic heterocycles. The van der Waals surface area contributed by atoms with E-state index in [4.69, 9.17) is 23.2 Å². The third-order valence-electron chi connectivity index (χ3n) is 3.93. The molecule has 6 nitrogen and oxygen atoms in total. The maximum absolute atomic E-state index is 12.9. The molecular weight excluding hydrogens is 405 g/mol. The second-order valence-electron chi connectivity index (χ2n) is 5.60. The Kier molecular flexibility index (Phi) is 5.65. The smallest absolute Gasteiger partial charge is 0.244 e. The summed E-state index contributed by atoms with van der Waals surface area (Å²) in [6.07, 6.45) is 2.80. The van der Waals surface area contributed by atoms with Crippen molar-refractivity contribution < 1.29 is 13.2 Å². The maximum Gasteiger partial charge on any atom is 0.244 e. The van der Waals surface area contributed by atoms with Gasteiger partial charge in [0.05, 0.1) is 10.9 Å². The average molecular weight is 420 g/mol. The zero-order valence-corrected chi connectivity index (χ0v) is 16.1. The van der Waals surface area contributed by atoms with Crippen LogP contribution in [0, 0.1) is 5.92 Å². The van der Waals surface area contributed by atoms with Gasteiger partial charge in [0.25, 0.3) is 0 Å². The van der Waals surface area contributed by atoms with Crippen molar-refractivity contribution in [2.75, 3.05) is 18.4 Å². The first-order valence-electron chi connectivity index (χ1n) is 7.53. The van der Waals surface area contributed by atoms with Crippen LogP contribution in [-0.2, 0) is 14.8 Å². The summed E-state index contributed by atoms with van der Waals surface area (Å²) in [5, 5.41) is 5.38. The lowest BCUT2D eigenvalue weighted by Gasteiger charge is -2.31. The first-order valence-corrected chi connectivity index (χ1v) is 10.6. The molecule has 10 heteroatoms. The topological polar surface area (TPSA) is 79.4 Å². The van der Waals surface area contributed by atoms with Gasteiger partial charge in [-0.3, -0.25) is 4.79 Å². The lowest BCUT2D eigenvalue weighted by atomic mass is 9.99. The van der Waals surface area contributed by atoms with Crippen molar-refractivity contribution in [2.24, 2.45) is 5.92 Å². The SMILES string of the molecule is O=C(Nc1nccs1)C1CCCN(S(=O)(=O)c2cc(Cl)ccc2Cl)C1. The third kappa shape index (κ3) is 4.15. The van der Waals surface area contributed by atoms with E-state index in [1.807, 2.05) is 0 Å². The molecule has 1 N–H and O–H groups in total. The van der Waals surface area contributed by atoms with Gasteiger partial charge in [-0.15, -0.1) is 11.3 Å². The van der Waals surface area contributed by atoms with Crippen LogP contribution in [0.2, 0.25) is 10.0 Å². The lowest BCUT2D eigenvalue weighted by Crippen LogP contribution is -2.43. The fraction of sp³-hybridized carbons (Fsp3) is 0.333. The zero-order valence-electron chi connectivity index (χ0n) is 13.0. The van der Waals surface area contributed by atoms with Gasteiger partial charge >= 0.3 is 0 Å². The van der Waals surface area contributed by atoms with E-state index in [2.05, 4.69) is 10.3 Å². The van der Waals surface area contributed by atoms with E-state index in [1.54, 1.807) is 11.6 Å². The number of piperidine rings is 1. The van der Waals surface area contributed by atoms with Crippen LogP contribution in [0.4, 0.5) is 5.13 Å². The minimum Gasteiger partial charge on any atom is -0.302 e. The van der Waals surface area contributed by atoms with Crippen molar-refractivity contribution in [1.82, 2.24) is 9.29 Å². The van der Waals surface area contributed by atoms with E-state index in [0.717, 1.165) is 0 Å². The number of carbonyl (C=O) groups is 1. The first-order chi connectivity index (χ1) is 11.9. The lowest BCUT2D eigenvalue weighted by molar-refractivity contribution is -0.120. The van der Waals surface area contributed by atoms with Gasteiger partial charge in [-0.2, -0.15) is 4.31 Å². The minimum absolute atomic E-state index is 0.0392. The molecule has 1 aromatic carbocycles. The molecule has 3 rings (SSSR count). The van der Waals surface area contributed by atoms with Gasteiger partial charge in [-0.1, -0.05) is 23.2 Å². The van der Waals surface area contributed by atoms with E-state index in [1.165, 1.54) is 33.8 Å². The molecule has 0 bridgehead atoms. The van der Waals surface area contributed by atoms with Gasteiger partial charge in [-0.25, -0.2) is 13.4 Å². The molecule has 134 valence electrons. The Balaban J connectivity index is 1.78. The van der Waals surface area contributed by atoms with Crippen LogP contribution >= 0.6 is 34.5 Å². The van der Waals surface area contributed by atoms with Crippen LogP contribution in [0.25, 0.3) is 0 Å². The zero-order chi connectivity index (χ0) is 18.0. The van der Waals surface area contributed by atoms with E-state index < -0.39 is 15.9 Å².